The average molecular weight is 838 g/mol. The first-order valence-corrected chi connectivity index (χ1v) is 23.9. The molecular weight excluding hydrogens is 775 g/mol. The molecule has 322 valence electrons. The summed E-state index contributed by atoms with van der Waals surface area (Å²) in [6, 6.07) is 51.4. The molecule has 0 amide bonds. The molecule has 2 nitrogen and oxygen atoms in total. The lowest BCUT2D eigenvalue weighted by atomic mass is 9.78. The minimum absolute atomic E-state index is 0.0259. The van der Waals surface area contributed by atoms with Gasteiger partial charge in [0.2, 0.25) is 0 Å². The molecule has 2 heteroatoms. The Bertz CT molecular complexity index is 3030. The van der Waals surface area contributed by atoms with Crippen molar-refractivity contribution in [3.63, 3.8) is 0 Å². The van der Waals surface area contributed by atoms with Crippen molar-refractivity contribution in [2.75, 3.05) is 4.90 Å². The van der Waals surface area contributed by atoms with Crippen LogP contribution in [0, 0.1) is 0 Å². The maximum atomic E-state index is 7.47. The molecule has 1 heterocycles. The number of benzene rings is 7. The predicted octanol–water partition coefficient (Wildman–Crippen LogP) is 18.0. The number of fused-ring (bicyclic) bond motifs is 9. The molecular formula is C62H63NO. The molecule has 3 aliphatic carbocycles. The van der Waals surface area contributed by atoms with E-state index in [4.69, 9.17) is 4.42 Å². The Balaban J connectivity index is 1.16. The van der Waals surface area contributed by atoms with Crippen molar-refractivity contribution in [1.29, 1.82) is 0 Å². The molecule has 0 N–H and O–H groups in total. The van der Waals surface area contributed by atoms with Crippen LogP contribution >= 0.6 is 0 Å². The highest BCUT2D eigenvalue weighted by molar-refractivity contribution is 6.12. The first kappa shape index (κ1) is 40.9. The van der Waals surface area contributed by atoms with E-state index in [0.717, 1.165) is 28.2 Å². The Labute approximate surface area is 381 Å². The molecule has 0 aliphatic heterocycles. The van der Waals surface area contributed by atoms with Crippen LogP contribution in [-0.2, 0) is 21.7 Å². The number of para-hydroxylation sites is 1. The highest BCUT2D eigenvalue weighted by Crippen LogP contribution is 2.54. The number of nitrogens with zero attached hydrogens (tertiary/aromatic N) is 1. The van der Waals surface area contributed by atoms with Crippen molar-refractivity contribution in [2.45, 2.75) is 129 Å². The highest BCUT2D eigenvalue weighted by Gasteiger charge is 2.38. The molecule has 7 aromatic carbocycles. The van der Waals surface area contributed by atoms with E-state index in [0.29, 0.717) is 5.92 Å². The Morgan fingerprint density at radius 1 is 0.469 bits per heavy atom. The van der Waals surface area contributed by atoms with E-state index >= 15 is 0 Å². The van der Waals surface area contributed by atoms with Gasteiger partial charge >= 0.3 is 0 Å². The lowest BCUT2D eigenvalue weighted by molar-refractivity contribution is 0.442. The topological polar surface area (TPSA) is 16.4 Å². The molecule has 1 aromatic heterocycles. The first-order valence-electron chi connectivity index (χ1n) is 23.9. The van der Waals surface area contributed by atoms with E-state index < -0.39 is 0 Å². The third-order valence-corrected chi connectivity index (χ3v) is 15.5. The van der Waals surface area contributed by atoms with E-state index in [1.54, 1.807) is 0 Å². The molecule has 0 unspecified atom stereocenters. The second kappa shape index (κ2) is 14.3. The minimum Gasteiger partial charge on any atom is -0.454 e. The zero-order chi connectivity index (χ0) is 44.5. The van der Waals surface area contributed by atoms with E-state index in [-0.39, 0.29) is 21.7 Å². The summed E-state index contributed by atoms with van der Waals surface area (Å²) in [4.78, 5) is 2.49. The summed E-state index contributed by atoms with van der Waals surface area (Å²) in [6.45, 7) is 23.6. The lowest BCUT2D eigenvalue weighted by Gasteiger charge is -2.29. The van der Waals surface area contributed by atoms with Crippen LogP contribution in [0.1, 0.15) is 146 Å². The van der Waals surface area contributed by atoms with Gasteiger partial charge in [-0.3, -0.25) is 0 Å². The van der Waals surface area contributed by atoms with Gasteiger partial charge in [0, 0.05) is 33.0 Å². The maximum Gasteiger partial charge on any atom is 0.159 e. The summed E-state index contributed by atoms with van der Waals surface area (Å²) in [5.41, 5.74) is 22.7. The van der Waals surface area contributed by atoms with E-state index in [1.165, 1.54) is 115 Å². The molecule has 0 atom stereocenters. The van der Waals surface area contributed by atoms with Crippen LogP contribution in [0.2, 0.25) is 0 Å². The van der Waals surface area contributed by atoms with Crippen LogP contribution in [0.25, 0.3) is 55.3 Å². The fourth-order valence-corrected chi connectivity index (χ4v) is 11.7. The van der Waals surface area contributed by atoms with Gasteiger partial charge < -0.3 is 9.32 Å². The van der Waals surface area contributed by atoms with Crippen LogP contribution in [0.15, 0.2) is 138 Å². The summed E-state index contributed by atoms with van der Waals surface area (Å²) in [5.74, 6) is 0.463. The van der Waals surface area contributed by atoms with Crippen molar-refractivity contribution >= 4 is 39.0 Å². The lowest BCUT2D eigenvalue weighted by Crippen LogP contribution is -2.18. The second-order valence-corrected chi connectivity index (χ2v) is 22.5. The fraction of sp³-hybridized carbons (Fsp3) is 0.323. The summed E-state index contributed by atoms with van der Waals surface area (Å²) in [6.07, 6.45) is 6.24. The van der Waals surface area contributed by atoms with Crippen molar-refractivity contribution in [1.82, 2.24) is 0 Å². The maximum absolute atomic E-state index is 7.47. The van der Waals surface area contributed by atoms with Crippen LogP contribution in [0.3, 0.4) is 0 Å². The monoisotopic (exact) mass is 837 g/mol. The molecule has 3 aliphatic rings. The third kappa shape index (κ3) is 6.34. The summed E-state index contributed by atoms with van der Waals surface area (Å²) < 4.78 is 7.47. The van der Waals surface area contributed by atoms with Crippen LogP contribution in [0.5, 0.6) is 0 Å². The van der Waals surface area contributed by atoms with Crippen molar-refractivity contribution in [3.05, 3.63) is 172 Å². The van der Waals surface area contributed by atoms with Crippen molar-refractivity contribution in [3.8, 4) is 33.4 Å². The second-order valence-electron chi connectivity index (χ2n) is 22.5. The number of hydrogen-bond acceptors (Lipinski definition) is 2. The van der Waals surface area contributed by atoms with Gasteiger partial charge in [-0.25, -0.2) is 0 Å². The van der Waals surface area contributed by atoms with Gasteiger partial charge in [0.15, 0.2) is 5.58 Å². The third-order valence-electron chi connectivity index (χ3n) is 15.5. The van der Waals surface area contributed by atoms with E-state index in [2.05, 4.69) is 208 Å². The molecule has 11 rings (SSSR count). The number of rotatable bonds is 5. The standard InChI is InChI=1S/C62H63NO/c1-59(2,3)41-31-39(32-42(35-41)60(4,5)6)40-33-50(38-19-12-11-13-20-38)57-51(34-40)49-23-18-26-56(58(49)64-57)63(43-27-29-47-45-21-14-16-24-52(45)61(7,8)54(47)36-43)44-28-30-48-46-22-15-17-25-53(46)62(9,10)55(48)37-44/h14-18,21-38H,11-13,19-20H2,1-10H3. The largest absolute Gasteiger partial charge is 0.454 e. The van der Waals surface area contributed by atoms with Crippen molar-refractivity contribution < 1.29 is 4.42 Å². The molecule has 1 saturated carbocycles. The number of hydrogen-bond donors (Lipinski definition) is 0. The molecule has 0 bridgehead atoms. The zero-order valence-corrected chi connectivity index (χ0v) is 39.7. The Morgan fingerprint density at radius 2 is 0.984 bits per heavy atom. The average Bonchev–Trinajstić information content (AvgIpc) is 3.86. The van der Waals surface area contributed by atoms with Crippen molar-refractivity contribution in [2.24, 2.45) is 0 Å². The first-order chi connectivity index (χ1) is 30.5. The number of anilines is 3. The van der Waals surface area contributed by atoms with Gasteiger partial charge in [0.25, 0.3) is 0 Å². The quantitative estimate of drug-likeness (QED) is 0.172. The summed E-state index contributed by atoms with van der Waals surface area (Å²) >= 11 is 0. The van der Waals surface area contributed by atoms with Gasteiger partial charge in [0.05, 0.1) is 5.69 Å². The molecule has 0 spiro atoms. The van der Waals surface area contributed by atoms with Gasteiger partial charge in [-0.1, -0.05) is 179 Å². The van der Waals surface area contributed by atoms with Gasteiger partial charge in [-0.15, -0.1) is 0 Å². The molecule has 0 saturated heterocycles. The minimum atomic E-state index is -0.136. The summed E-state index contributed by atoms with van der Waals surface area (Å²) in [5, 5.41) is 2.38. The van der Waals surface area contributed by atoms with Gasteiger partial charge in [-0.05, 0) is 144 Å². The predicted molar refractivity (Wildman–Crippen MR) is 272 cm³/mol. The zero-order valence-electron chi connectivity index (χ0n) is 39.7. The van der Waals surface area contributed by atoms with Crippen LogP contribution in [0.4, 0.5) is 17.1 Å². The van der Waals surface area contributed by atoms with Crippen LogP contribution < -0.4 is 4.90 Å². The van der Waals surface area contributed by atoms with E-state index in [1.807, 2.05) is 0 Å². The Morgan fingerprint density at radius 3 is 1.53 bits per heavy atom. The van der Waals surface area contributed by atoms with Gasteiger partial charge in [0.1, 0.15) is 5.58 Å². The molecule has 64 heavy (non-hydrogen) atoms. The molecule has 8 aromatic rings. The normalized spacial score (nSPS) is 16.5. The highest BCUT2D eigenvalue weighted by atomic mass is 16.3. The van der Waals surface area contributed by atoms with Crippen LogP contribution in [-0.4, -0.2) is 0 Å². The SMILES string of the molecule is CC(C)(C)c1cc(-c2cc(C3CCCCC3)c3oc4c(N(c5ccc6c(c5)C(C)(C)c5ccccc5-6)c5ccc6c(c5)C(C)(C)c5ccccc5-6)cccc4c3c2)cc(C(C)(C)C)c1. The van der Waals surface area contributed by atoms with Gasteiger partial charge in [-0.2, -0.15) is 0 Å². The number of furan rings is 1. The van der Waals surface area contributed by atoms with E-state index in [9.17, 15) is 0 Å². The molecule has 0 radical (unpaired) electrons. The smallest absolute Gasteiger partial charge is 0.159 e. The molecule has 1 fully saturated rings. The summed E-state index contributed by atoms with van der Waals surface area (Å²) in [7, 11) is 0. The Hall–Kier alpha value is -5.86. The fourth-order valence-electron chi connectivity index (χ4n) is 11.7. The Kier molecular flexibility index (Phi) is 9.15.